The predicted octanol–water partition coefficient (Wildman–Crippen LogP) is 17.8. The lowest BCUT2D eigenvalue weighted by atomic mass is 10.0. The molecule has 0 heterocycles. The number of aliphatic hydroxyl groups is 1. The Hall–Kier alpha value is -2.46. The van der Waals surface area contributed by atoms with Crippen LogP contribution in [0, 0.1) is 17.8 Å². The van der Waals surface area contributed by atoms with Crippen LogP contribution in [-0.4, -0.2) is 96.7 Å². The number of esters is 4. The third-order valence-corrected chi connectivity index (χ3v) is 16.4. The highest BCUT2D eigenvalue weighted by molar-refractivity contribution is 7.47. The summed E-state index contributed by atoms with van der Waals surface area (Å²) in [4.78, 5) is 72.2. The van der Waals surface area contributed by atoms with Gasteiger partial charge in [-0.2, -0.15) is 0 Å². The second kappa shape index (κ2) is 56.8. The van der Waals surface area contributed by atoms with Gasteiger partial charge in [-0.05, 0) is 69.1 Å². The molecule has 0 saturated carbocycles. The zero-order chi connectivity index (χ0) is 63.1. The van der Waals surface area contributed by atoms with Crippen LogP contribution in [0.1, 0.15) is 299 Å². The standard InChI is InChI=1S/C66H124O17P2/c1-8-9-10-11-12-13-14-15-16-17-18-21-24-35-42-49-65(70)82-61(53-76-63(68)47-40-33-28-26-31-38-45-58(4)5)55-80-84(72,73)78-51-60(67)52-79-85(74,75)81-56-62(54-77-64(69)48-41-34-29-27-32-39-46-59(6)7)83-66(71)50-43-36-25-22-19-20-23-30-37-44-57(2)3/h13-16,57-62,67H,8-12,17-56H2,1-7H3,(H,72,73)(H,74,75)/b14-13-,16-15-/t60-,61+,62+/m0/s1. The maximum Gasteiger partial charge on any atom is 0.472 e. The Labute approximate surface area is 516 Å². The van der Waals surface area contributed by atoms with Crippen molar-refractivity contribution in [1.29, 1.82) is 0 Å². The number of unbranched alkanes of at least 4 members (excludes halogenated alkanes) is 27. The first kappa shape index (κ1) is 82.5. The molecule has 3 N–H and O–H groups in total. The normalized spacial score (nSPS) is 14.5. The maximum atomic E-state index is 13.0. The monoisotopic (exact) mass is 1250 g/mol. The van der Waals surface area contributed by atoms with E-state index in [9.17, 15) is 43.2 Å². The number of aliphatic hydroxyl groups excluding tert-OH is 1. The van der Waals surface area contributed by atoms with E-state index >= 15 is 0 Å². The molecule has 0 aromatic rings. The largest absolute Gasteiger partial charge is 0.472 e. The molecule has 0 aromatic heterocycles. The van der Waals surface area contributed by atoms with Crippen LogP contribution in [0.2, 0.25) is 0 Å². The molecular formula is C66H124O17P2. The number of rotatable bonds is 62. The highest BCUT2D eigenvalue weighted by Gasteiger charge is 2.30. The summed E-state index contributed by atoms with van der Waals surface area (Å²) in [7, 11) is -9.90. The predicted molar refractivity (Wildman–Crippen MR) is 340 cm³/mol. The van der Waals surface area contributed by atoms with E-state index in [-0.39, 0.29) is 25.7 Å². The van der Waals surface area contributed by atoms with Crippen LogP contribution in [0.5, 0.6) is 0 Å². The van der Waals surface area contributed by atoms with E-state index in [1.807, 2.05) is 0 Å². The van der Waals surface area contributed by atoms with Crippen molar-refractivity contribution in [3.63, 3.8) is 0 Å². The number of phosphoric acid groups is 2. The molecule has 0 rings (SSSR count). The molecule has 0 bridgehead atoms. The summed E-state index contributed by atoms with van der Waals surface area (Å²) in [5.41, 5.74) is 0. The van der Waals surface area contributed by atoms with E-state index in [0.717, 1.165) is 121 Å². The van der Waals surface area contributed by atoms with Gasteiger partial charge in [0.25, 0.3) is 0 Å². The molecule has 0 aliphatic carbocycles. The molecule has 0 fully saturated rings. The van der Waals surface area contributed by atoms with Crippen LogP contribution in [0.25, 0.3) is 0 Å². The lowest BCUT2D eigenvalue weighted by Gasteiger charge is -2.21. The number of hydrogen-bond acceptors (Lipinski definition) is 15. The van der Waals surface area contributed by atoms with Gasteiger partial charge < -0.3 is 33.8 Å². The highest BCUT2D eigenvalue weighted by atomic mass is 31.2. The molecular weight excluding hydrogens is 1130 g/mol. The van der Waals surface area contributed by atoms with Crippen molar-refractivity contribution in [3.05, 3.63) is 24.3 Å². The van der Waals surface area contributed by atoms with Gasteiger partial charge in [0.2, 0.25) is 0 Å². The summed E-state index contributed by atoms with van der Waals surface area (Å²) >= 11 is 0. The molecule has 0 spiro atoms. The summed E-state index contributed by atoms with van der Waals surface area (Å²) < 4.78 is 68.0. The fourth-order valence-electron chi connectivity index (χ4n) is 9.29. The lowest BCUT2D eigenvalue weighted by molar-refractivity contribution is -0.161. The van der Waals surface area contributed by atoms with E-state index in [1.54, 1.807) is 0 Å². The second-order valence-electron chi connectivity index (χ2n) is 24.6. The van der Waals surface area contributed by atoms with Crippen LogP contribution in [0.15, 0.2) is 24.3 Å². The fraction of sp³-hybridized carbons (Fsp3) is 0.879. The molecule has 500 valence electrons. The van der Waals surface area contributed by atoms with Crippen LogP contribution in [0.3, 0.4) is 0 Å². The quantitative estimate of drug-likeness (QED) is 0.0169. The summed E-state index contributed by atoms with van der Waals surface area (Å²) in [6.45, 7) is 11.5. The van der Waals surface area contributed by atoms with Crippen molar-refractivity contribution >= 4 is 39.5 Å². The zero-order valence-corrected chi connectivity index (χ0v) is 56.3. The second-order valence-corrected chi connectivity index (χ2v) is 27.5. The van der Waals surface area contributed by atoms with Gasteiger partial charge >= 0.3 is 39.5 Å². The number of allylic oxidation sites excluding steroid dienone is 4. The Bertz CT molecular complexity index is 1770. The summed E-state index contributed by atoms with van der Waals surface area (Å²) in [5, 5.41) is 10.5. The van der Waals surface area contributed by atoms with Crippen LogP contribution in [0.4, 0.5) is 0 Å². The molecule has 0 amide bonds. The van der Waals surface area contributed by atoms with E-state index in [1.165, 1.54) is 83.5 Å². The smallest absolute Gasteiger partial charge is 0.462 e. The molecule has 0 aromatic carbocycles. The van der Waals surface area contributed by atoms with E-state index in [4.69, 9.17) is 37.0 Å². The minimum absolute atomic E-state index is 0.0832. The van der Waals surface area contributed by atoms with Crippen molar-refractivity contribution < 1.29 is 80.2 Å². The lowest BCUT2D eigenvalue weighted by Crippen LogP contribution is -2.30. The SMILES string of the molecule is CCCCCC/C=C\C=C/CCCCCCCC(=O)O[C@H](COC(=O)CCCCCCCCC(C)C)COP(=O)(O)OC[C@H](O)COP(=O)(O)OC[C@@H](COC(=O)CCCCCCCCC(C)C)OC(=O)CCCCCCCCCCCC(C)C. The first-order chi connectivity index (χ1) is 40.7. The first-order valence-electron chi connectivity index (χ1n) is 33.7. The Morgan fingerprint density at radius 1 is 0.365 bits per heavy atom. The Balaban J connectivity index is 5.27. The van der Waals surface area contributed by atoms with Crippen molar-refractivity contribution in [2.75, 3.05) is 39.6 Å². The van der Waals surface area contributed by atoms with Gasteiger partial charge in [-0.3, -0.25) is 37.3 Å². The van der Waals surface area contributed by atoms with Crippen molar-refractivity contribution in [2.24, 2.45) is 17.8 Å². The van der Waals surface area contributed by atoms with Gasteiger partial charge in [-0.1, -0.05) is 246 Å². The van der Waals surface area contributed by atoms with E-state index in [0.29, 0.717) is 37.5 Å². The molecule has 85 heavy (non-hydrogen) atoms. The Kier molecular flexibility index (Phi) is 55.1. The topological polar surface area (TPSA) is 237 Å². The van der Waals surface area contributed by atoms with Crippen LogP contribution >= 0.6 is 15.6 Å². The molecule has 0 aliphatic heterocycles. The maximum absolute atomic E-state index is 13.0. The molecule has 0 saturated heterocycles. The molecule has 5 atom stereocenters. The average Bonchev–Trinajstić information content (AvgIpc) is 3.46. The Morgan fingerprint density at radius 2 is 0.635 bits per heavy atom. The van der Waals surface area contributed by atoms with Gasteiger partial charge in [-0.15, -0.1) is 0 Å². The minimum atomic E-state index is -4.95. The molecule has 0 aliphatic rings. The number of carbonyl (C=O) groups excluding carboxylic acids is 4. The summed E-state index contributed by atoms with van der Waals surface area (Å²) in [6, 6.07) is 0. The third-order valence-electron chi connectivity index (χ3n) is 14.5. The summed E-state index contributed by atoms with van der Waals surface area (Å²) in [5.74, 6) is -0.0796. The summed E-state index contributed by atoms with van der Waals surface area (Å²) in [6.07, 6.45) is 41.5. The number of carbonyl (C=O) groups is 4. The van der Waals surface area contributed by atoms with Crippen LogP contribution in [-0.2, 0) is 65.4 Å². The first-order valence-corrected chi connectivity index (χ1v) is 36.7. The van der Waals surface area contributed by atoms with Crippen molar-refractivity contribution in [1.82, 2.24) is 0 Å². The van der Waals surface area contributed by atoms with Crippen molar-refractivity contribution in [2.45, 2.75) is 317 Å². The van der Waals surface area contributed by atoms with Crippen LogP contribution < -0.4 is 0 Å². The molecule has 2 unspecified atom stereocenters. The van der Waals surface area contributed by atoms with Gasteiger partial charge in [0.05, 0.1) is 26.4 Å². The minimum Gasteiger partial charge on any atom is -0.462 e. The average molecular weight is 1250 g/mol. The third kappa shape index (κ3) is 60.2. The van der Waals surface area contributed by atoms with E-state index in [2.05, 4.69) is 72.8 Å². The number of hydrogen-bond donors (Lipinski definition) is 3. The number of phosphoric ester groups is 2. The number of ether oxygens (including phenoxy) is 4. The molecule has 0 radical (unpaired) electrons. The Morgan fingerprint density at radius 3 is 0.953 bits per heavy atom. The fourth-order valence-corrected chi connectivity index (χ4v) is 10.9. The van der Waals surface area contributed by atoms with Gasteiger partial charge in [0.1, 0.15) is 19.3 Å². The molecule has 17 nitrogen and oxygen atoms in total. The van der Waals surface area contributed by atoms with Gasteiger partial charge in [-0.25, -0.2) is 9.13 Å². The van der Waals surface area contributed by atoms with Gasteiger partial charge in [0.15, 0.2) is 12.2 Å². The van der Waals surface area contributed by atoms with E-state index < -0.39 is 97.5 Å². The van der Waals surface area contributed by atoms with Crippen molar-refractivity contribution in [3.8, 4) is 0 Å². The zero-order valence-electron chi connectivity index (χ0n) is 54.5. The highest BCUT2D eigenvalue weighted by Crippen LogP contribution is 2.45. The van der Waals surface area contributed by atoms with Gasteiger partial charge in [0, 0.05) is 25.7 Å². The molecule has 19 heteroatoms.